The molecule has 0 amide bonds. The zero-order chi connectivity index (χ0) is 12.5. The summed E-state index contributed by atoms with van der Waals surface area (Å²) < 4.78 is 4.92. The number of hydrogen-bond donors (Lipinski definition) is 1. The molecule has 1 N–H and O–H groups in total. The second-order valence-corrected chi connectivity index (χ2v) is 6.19. The standard InChI is InChI=1S/C14H24N2O2/c1-18-14(17)13(15-12-5-6-12)9-16-7-10-3-2-4-11(10)8-16/h10-13,15H,2-9H2,1H3. The number of fused-ring (bicyclic) bond motifs is 1. The predicted molar refractivity (Wildman–Crippen MR) is 69.2 cm³/mol. The average Bonchev–Trinajstić information content (AvgIpc) is 2.93. The number of rotatable bonds is 5. The Kier molecular flexibility index (Phi) is 3.57. The molecule has 0 aromatic carbocycles. The number of ether oxygens (including phenoxy) is 1. The van der Waals surface area contributed by atoms with Gasteiger partial charge in [0, 0.05) is 25.7 Å². The molecule has 4 heteroatoms. The van der Waals surface area contributed by atoms with Gasteiger partial charge in [-0.05, 0) is 37.5 Å². The molecule has 1 aliphatic heterocycles. The SMILES string of the molecule is COC(=O)C(CN1CC2CCCC2C1)NC1CC1. The van der Waals surface area contributed by atoms with Gasteiger partial charge in [-0.3, -0.25) is 4.79 Å². The number of nitrogens with one attached hydrogen (secondary N) is 1. The summed E-state index contributed by atoms with van der Waals surface area (Å²) in [6.07, 6.45) is 6.60. The Morgan fingerprint density at radius 3 is 2.50 bits per heavy atom. The Balaban J connectivity index is 1.53. The second-order valence-electron chi connectivity index (χ2n) is 6.19. The molecular formula is C14H24N2O2. The molecule has 2 saturated carbocycles. The van der Waals surface area contributed by atoms with Crippen LogP contribution < -0.4 is 5.32 Å². The number of carbonyl (C=O) groups excluding carboxylic acids is 1. The fourth-order valence-electron chi connectivity index (χ4n) is 3.61. The Morgan fingerprint density at radius 2 is 1.94 bits per heavy atom. The highest BCUT2D eigenvalue weighted by atomic mass is 16.5. The third-order valence-corrected chi connectivity index (χ3v) is 4.74. The minimum absolute atomic E-state index is 0.0982. The molecule has 18 heavy (non-hydrogen) atoms. The van der Waals surface area contributed by atoms with Gasteiger partial charge in [-0.2, -0.15) is 0 Å². The predicted octanol–water partition coefficient (Wildman–Crippen LogP) is 1.01. The van der Waals surface area contributed by atoms with Gasteiger partial charge in [0.15, 0.2) is 0 Å². The molecule has 0 radical (unpaired) electrons. The maximum absolute atomic E-state index is 11.8. The summed E-state index contributed by atoms with van der Waals surface area (Å²) >= 11 is 0. The van der Waals surface area contributed by atoms with Crippen molar-refractivity contribution < 1.29 is 9.53 Å². The molecule has 3 fully saturated rings. The molecule has 1 saturated heterocycles. The Hall–Kier alpha value is -0.610. The van der Waals surface area contributed by atoms with Gasteiger partial charge in [-0.15, -0.1) is 0 Å². The van der Waals surface area contributed by atoms with Crippen molar-refractivity contribution in [2.75, 3.05) is 26.7 Å². The van der Waals surface area contributed by atoms with E-state index in [0.29, 0.717) is 6.04 Å². The van der Waals surface area contributed by atoms with Crippen molar-refractivity contribution in [3.8, 4) is 0 Å². The third-order valence-electron chi connectivity index (χ3n) is 4.74. The summed E-state index contributed by atoms with van der Waals surface area (Å²) in [5, 5.41) is 3.42. The molecule has 0 aromatic heterocycles. The first-order chi connectivity index (χ1) is 8.76. The van der Waals surface area contributed by atoms with E-state index in [1.807, 2.05) is 0 Å². The van der Waals surface area contributed by atoms with Crippen LogP contribution in [0.4, 0.5) is 0 Å². The summed E-state index contributed by atoms with van der Waals surface area (Å²) in [5.41, 5.74) is 0. The lowest BCUT2D eigenvalue weighted by Crippen LogP contribution is -2.47. The van der Waals surface area contributed by atoms with Crippen molar-refractivity contribution in [3.63, 3.8) is 0 Å². The number of hydrogen-bond acceptors (Lipinski definition) is 4. The molecule has 1 heterocycles. The van der Waals surface area contributed by atoms with Crippen LogP contribution in [-0.2, 0) is 9.53 Å². The topological polar surface area (TPSA) is 41.6 Å². The molecule has 102 valence electrons. The lowest BCUT2D eigenvalue weighted by Gasteiger charge is -2.23. The molecule has 3 unspecified atom stereocenters. The summed E-state index contributed by atoms with van der Waals surface area (Å²) in [6, 6.07) is 0.428. The van der Waals surface area contributed by atoms with E-state index in [4.69, 9.17) is 4.74 Å². The fraction of sp³-hybridized carbons (Fsp3) is 0.929. The van der Waals surface area contributed by atoms with Crippen LogP contribution in [0, 0.1) is 11.8 Å². The van der Waals surface area contributed by atoms with Crippen LogP contribution >= 0.6 is 0 Å². The summed E-state index contributed by atoms with van der Waals surface area (Å²) in [6.45, 7) is 3.20. The highest BCUT2D eigenvalue weighted by Gasteiger charge is 2.38. The van der Waals surface area contributed by atoms with Crippen molar-refractivity contribution >= 4 is 5.97 Å². The van der Waals surface area contributed by atoms with Gasteiger partial charge >= 0.3 is 5.97 Å². The lowest BCUT2D eigenvalue weighted by molar-refractivity contribution is -0.143. The molecular weight excluding hydrogens is 228 g/mol. The maximum Gasteiger partial charge on any atom is 0.324 e. The highest BCUT2D eigenvalue weighted by Crippen LogP contribution is 2.37. The normalized spacial score (nSPS) is 33.4. The monoisotopic (exact) mass is 252 g/mol. The van der Waals surface area contributed by atoms with E-state index in [1.165, 1.54) is 52.3 Å². The van der Waals surface area contributed by atoms with E-state index >= 15 is 0 Å². The van der Waals surface area contributed by atoms with Gasteiger partial charge in [-0.1, -0.05) is 6.42 Å². The first-order valence-corrected chi connectivity index (χ1v) is 7.32. The van der Waals surface area contributed by atoms with E-state index in [1.54, 1.807) is 0 Å². The first kappa shape index (κ1) is 12.4. The Labute approximate surface area is 109 Å². The smallest absolute Gasteiger partial charge is 0.324 e. The van der Waals surface area contributed by atoms with Crippen molar-refractivity contribution in [1.82, 2.24) is 10.2 Å². The van der Waals surface area contributed by atoms with Crippen LogP contribution in [0.25, 0.3) is 0 Å². The molecule has 3 rings (SSSR count). The van der Waals surface area contributed by atoms with Crippen molar-refractivity contribution in [2.45, 2.75) is 44.2 Å². The van der Waals surface area contributed by atoms with E-state index < -0.39 is 0 Å². The number of carbonyl (C=O) groups is 1. The van der Waals surface area contributed by atoms with Gasteiger partial charge in [0.1, 0.15) is 6.04 Å². The minimum atomic E-state index is -0.124. The van der Waals surface area contributed by atoms with Gasteiger partial charge in [-0.25, -0.2) is 0 Å². The van der Waals surface area contributed by atoms with Crippen LogP contribution in [-0.4, -0.2) is 49.7 Å². The number of likely N-dealkylation sites (tertiary alicyclic amines) is 1. The highest BCUT2D eigenvalue weighted by molar-refractivity contribution is 5.76. The molecule has 3 aliphatic rings. The van der Waals surface area contributed by atoms with E-state index in [9.17, 15) is 4.79 Å². The molecule has 0 spiro atoms. The minimum Gasteiger partial charge on any atom is -0.468 e. The van der Waals surface area contributed by atoms with Gasteiger partial charge in [0.05, 0.1) is 7.11 Å². The van der Waals surface area contributed by atoms with Crippen LogP contribution in [0.2, 0.25) is 0 Å². The van der Waals surface area contributed by atoms with Crippen LogP contribution in [0.1, 0.15) is 32.1 Å². The van der Waals surface area contributed by atoms with Crippen LogP contribution in [0.3, 0.4) is 0 Å². The molecule has 3 atom stereocenters. The maximum atomic E-state index is 11.8. The molecule has 0 aromatic rings. The summed E-state index contributed by atoms with van der Waals surface area (Å²) in [4.78, 5) is 14.3. The van der Waals surface area contributed by atoms with Gasteiger partial charge < -0.3 is 15.0 Å². The molecule has 4 nitrogen and oxygen atoms in total. The number of methoxy groups -OCH3 is 1. The van der Waals surface area contributed by atoms with Gasteiger partial charge in [0.25, 0.3) is 0 Å². The van der Waals surface area contributed by atoms with Crippen molar-refractivity contribution in [1.29, 1.82) is 0 Å². The zero-order valence-electron chi connectivity index (χ0n) is 11.2. The lowest BCUT2D eigenvalue weighted by atomic mass is 10.0. The van der Waals surface area contributed by atoms with Crippen molar-refractivity contribution in [3.05, 3.63) is 0 Å². The fourth-order valence-corrected chi connectivity index (χ4v) is 3.61. The van der Waals surface area contributed by atoms with E-state index in [2.05, 4.69) is 10.2 Å². The Bertz CT molecular complexity index is 305. The van der Waals surface area contributed by atoms with E-state index in [0.717, 1.165) is 18.4 Å². The van der Waals surface area contributed by atoms with E-state index in [-0.39, 0.29) is 12.0 Å². The zero-order valence-corrected chi connectivity index (χ0v) is 11.2. The first-order valence-electron chi connectivity index (χ1n) is 7.32. The van der Waals surface area contributed by atoms with Gasteiger partial charge in [0.2, 0.25) is 0 Å². The summed E-state index contributed by atoms with van der Waals surface area (Å²) in [7, 11) is 1.49. The molecule has 2 aliphatic carbocycles. The van der Waals surface area contributed by atoms with Crippen molar-refractivity contribution in [2.24, 2.45) is 11.8 Å². The number of nitrogens with zero attached hydrogens (tertiary/aromatic N) is 1. The third kappa shape index (κ3) is 2.69. The number of esters is 1. The largest absolute Gasteiger partial charge is 0.468 e. The van der Waals surface area contributed by atoms with Crippen LogP contribution in [0.5, 0.6) is 0 Å². The average molecular weight is 252 g/mol. The quantitative estimate of drug-likeness (QED) is 0.742. The second kappa shape index (κ2) is 5.17. The molecule has 0 bridgehead atoms. The van der Waals surface area contributed by atoms with Crippen LogP contribution in [0.15, 0.2) is 0 Å². The summed E-state index contributed by atoms with van der Waals surface area (Å²) in [5.74, 6) is 1.69. The Morgan fingerprint density at radius 1 is 1.28 bits per heavy atom.